The lowest BCUT2D eigenvalue weighted by Gasteiger charge is -2.08. The molecule has 0 radical (unpaired) electrons. The quantitative estimate of drug-likeness (QED) is 0.403. The molecule has 0 aliphatic heterocycles. The van der Waals surface area contributed by atoms with Gasteiger partial charge in [-0.1, -0.05) is 18.2 Å². The first-order chi connectivity index (χ1) is 14.6. The molecule has 2 aromatic carbocycles. The second kappa shape index (κ2) is 7.94. The SMILES string of the molecule is COc1ccc(NC(=O)C(=O)c2c(-c3cccc(C#N)c3)cc3ccccn23)cc1. The topological polar surface area (TPSA) is 83.6 Å². The number of nitriles is 1. The van der Waals surface area contributed by atoms with Crippen molar-refractivity contribution in [3.8, 4) is 22.9 Å². The Morgan fingerprint density at radius 2 is 1.80 bits per heavy atom. The Balaban J connectivity index is 1.75. The Morgan fingerprint density at radius 1 is 1.00 bits per heavy atom. The van der Waals surface area contributed by atoms with Crippen LogP contribution in [0.2, 0.25) is 0 Å². The van der Waals surface area contributed by atoms with Gasteiger partial charge in [-0.05, 0) is 60.2 Å². The summed E-state index contributed by atoms with van der Waals surface area (Å²) in [5, 5.41) is 11.9. The van der Waals surface area contributed by atoms with Gasteiger partial charge in [0.25, 0.3) is 11.7 Å². The maximum atomic E-state index is 13.2. The summed E-state index contributed by atoms with van der Waals surface area (Å²) >= 11 is 0. The van der Waals surface area contributed by atoms with Crippen molar-refractivity contribution in [3.05, 3.63) is 90.3 Å². The van der Waals surface area contributed by atoms with Gasteiger partial charge in [0, 0.05) is 23.0 Å². The van der Waals surface area contributed by atoms with Gasteiger partial charge in [-0.25, -0.2) is 0 Å². The highest BCUT2D eigenvalue weighted by Gasteiger charge is 2.25. The highest BCUT2D eigenvalue weighted by Crippen LogP contribution is 2.29. The molecule has 0 bridgehead atoms. The number of carbonyl (C=O) groups is 2. The lowest BCUT2D eigenvalue weighted by atomic mass is 10.0. The normalized spacial score (nSPS) is 10.4. The summed E-state index contributed by atoms with van der Waals surface area (Å²) in [6, 6.07) is 23.1. The highest BCUT2D eigenvalue weighted by molar-refractivity contribution is 6.47. The molecule has 146 valence electrons. The summed E-state index contributed by atoms with van der Waals surface area (Å²) in [6.07, 6.45) is 1.74. The van der Waals surface area contributed by atoms with Crippen molar-refractivity contribution >= 4 is 22.9 Å². The zero-order chi connectivity index (χ0) is 21.1. The minimum absolute atomic E-state index is 0.242. The molecule has 0 saturated heterocycles. The fourth-order valence-electron chi connectivity index (χ4n) is 3.30. The number of pyridine rings is 1. The lowest BCUT2D eigenvalue weighted by Crippen LogP contribution is -2.24. The second-order valence-electron chi connectivity index (χ2n) is 6.61. The fraction of sp³-hybridized carbons (Fsp3) is 0.0417. The van der Waals surface area contributed by atoms with Crippen molar-refractivity contribution in [1.29, 1.82) is 5.26 Å². The van der Waals surface area contributed by atoms with Crippen molar-refractivity contribution in [1.82, 2.24) is 4.40 Å². The monoisotopic (exact) mass is 395 g/mol. The number of hydrogen-bond acceptors (Lipinski definition) is 4. The number of amides is 1. The first kappa shape index (κ1) is 19.0. The molecule has 6 heteroatoms. The zero-order valence-electron chi connectivity index (χ0n) is 16.1. The van der Waals surface area contributed by atoms with Crippen LogP contribution in [0.4, 0.5) is 5.69 Å². The summed E-state index contributed by atoms with van der Waals surface area (Å²) < 4.78 is 6.79. The third-order valence-corrected chi connectivity index (χ3v) is 4.75. The number of benzene rings is 2. The van der Waals surface area contributed by atoms with Gasteiger partial charge in [-0.3, -0.25) is 9.59 Å². The molecule has 0 atom stereocenters. The van der Waals surface area contributed by atoms with E-state index in [1.54, 1.807) is 66.2 Å². The van der Waals surface area contributed by atoms with Crippen molar-refractivity contribution in [2.24, 2.45) is 0 Å². The highest BCUT2D eigenvalue weighted by atomic mass is 16.5. The van der Waals surface area contributed by atoms with Gasteiger partial charge in [-0.15, -0.1) is 0 Å². The van der Waals surface area contributed by atoms with E-state index < -0.39 is 11.7 Å². The molecule has 0 aliphatic rings. The molecule has 4 aromatic rings. The number of ether oxygens (including phenoxy) is 1. The van der Waals surface area contributed by atoms with Crippen LogP contribution in [0.5, 0.6) is 5.75 Å². The summed E-state index contributed by atoms with van der Waals surface area (Å²) in [5.74, 6) is -0.771. The third kappa shape index (κ3) is 3.52. The number of nitrogens with zero attached hydrogens (tertiary/aromatic N) is 2. The van der Waals surface area contributed by atoms with Crippen LogP contribution in [0.25, 0.3) is 16.6 Å². The molecule has 0 unspecified atom stereocenters. The van der Waals surface area contributed by atoms with E-state index in [9.17, 15) is 14.9 Å². The zero-order valence-corrected chi connectivity index (χ0v) is 16.1. The number of hydrogen-bond donors (Lipinski definition) is 1. The number of ketones is 1. The predicted molar refractivity (Wildman–Crippen MR) is 114 cm³/mol. The van der Waals surface area contributed by atoms with Gasteiger partial charge in [0.05, 0.1) is 18.7 Å². The van der Waals surface area contributed by atoms with Crippen LogP contribution in [0.1, 0.15) is 16.1 Å². The van der Waals surface area contributed by atoms with Crippen LogP contribution in [0.3, 0.4) is 0 Å². The van der Waals surface area contributed by atoms with E-state index in [1.807, 2.05) is 24.3 Å². The smallest absolute Gasteiger partial charge is 0.298 e. The van der Waals surface area contributed by atoms with Gasteiger partial charge in [-0.2, -0.15) is 5.26 Å². The molecular formula is C24H17N3O3. The number of fused-ring (bicyclic) bond motifs is 1. The fourth-order valence-corrected chi connectivity index (χ4v) is 3.30. The van der Waals surface area contributed by atoms with Crippen LogP contribution < -0.4 is 10.1 Å². The molecule has 2 aromatic heterocycles. The molecule has 0 spiro atoms. The average molecular weight is 395 g/mol. The minimum atomic E-state index is -0.748. The van der Waals surface area contributed by atoms with Gasteiger partial charge in [0.2, 0.25) is 0 Å². The van der Waals surface area contributed by atoms with Crippen LogP contribution in [0, 0.1) is 11.3 Å². The minimum Gasteiger partial charge on any atom is -0.497 e. The number of methoxy groups -OCH3 is 1. The van der Waals surface area contributed by atoms with Crippen LogP contribution in [-0.4, -0.2) is 23.2 Å². The standard InChI is InChI=1S/C24H17N3O3/c1-30-20-10-8-18(9-11-20)26-24(29)23(28)22-21(14-19-7-2-3-12-27(19)22)17-6-4-5-16(13-17)15-25/h2-14H,1H3,(H,26,29). The van der Waals surface area contributed by atoms with Gasteiger partial charge >= 0.3 is 0 Å². The summed E-state index contributed by atoms with van der Waals surface area (Å²) in [4.78, 5) is 25.9. The van der Waals surface area contributed by atoms with Gasteiger partial charge in [0.1, 0.15) is 11.4 Å². The lowest BCUT2D eigenvalue weighted by molar-refractivity contribution is -0.112. The van der Waals surface area contributed by atoms with E-state index in [-0.39, 0.29) is 5.69 Å². The maximum Gasteiger partial charge on any atom is 0.298 e. The van der Waals surface area contributed by atoms with E-state index >= 15 is 0 Å². The molecule has 2 heterocycles. The van der Waals surface area contributed by atoms with Gasteiger partial charge in [0.15, 0.2) is 0 Å². The number of Topliss-reactive ketones (excluding diaryl/α,β-unsaturated/α-hetero) is 1. The number of nitrogens with one attached hydrogen (secondary N) is 1. The summed E-state index contributed by atoms with van der Waals surface area (Å²) in [6.45, 7) is 0. The number of carbonyl (C=O) groups excluding carboxylic acids is 2. The molecule has 6 nitrogen and oxygen atoms in total. The van der Waals surface area contributed by atoms with E-state index in [0.29, 0.717) is 28.1 Å². The molecule has 0 aliphatic carbocycles. The van der Waals surface area contributed by atoms with E-state index in [4.69, 9.17) is 4.74 Å². The van der Waals surface area contributed by atoms with Crippen molar-refractivity contribution in [2.45, 2.75) is 0 Å². The van der Waals surface area contributed by atoms with Crippen LogP contribution >= 0.6 is 0 Å². The van der Waals surface area contributed by atoms with Crippen molar-refractivity contribution < 1.29 is 14.3 Å². The number of rotatable bonds is 5. The summed E-state index contributed by atoms with van der Waals surface area (Å²) in [7, 11) is 1.55. The number of aromatic nitrogens is 1. The van der Waals surface area contributed by atoms with Crippen LogP contribution in [-0.2, 0) is 4.79 Å². The molecular weight excluding hydrogens is 378 g/mol. The maximum absolute atomic E-state index is 13.2. The Kier molecular flexibility index (Phi) is 5.02. The molecule has 4 rings (SSSR count). The molecule has 30 heavy (non-hydrogen) atoms. The Bertz CT molecular complexity index is 1300. The molecule has 1 amide bonds. The Labute approximate surface area is 173 Å². The Hall–Kier alpha value is -4.37. The Morgan fingerprint density at radius 3 is 2.53 bits per heavy atom. The second-order valence-corrected chi connectivity index (χ2v) is 6.61. The molecule has 1 N–H and O–H groups in total. The predicted octanol–water partition coefficient (Wildman–Crippen LogP) is 4.31. The molecule has 0 saturated carbocycles. The first-order valence-electron chi connectivity index (χ1n) is 9.21. The van der Waals surface area contributed by atoms with E-state index in [2.05, 4.69) is 11.4 Å². The first-order valence-corrected chi connectivity index (χ1v) is 9.21. The largest absolute Gasteiger partial charge is 0.497 e. The average Bonchev–Trinajstić information content (AvgIpc) is 3.18. The van der Waals surface area contributed by atoms with Crippen molar-refractivity contribution in [3.63, 3.8) is 0 Å². The molecule has 0 fully saturated rings. The van der Waals surface area contributed by atoms with Gasteiger partial charge < -0.3 is 14.5 Å². The summed E-state index contributed by atoms with van der Waals surface area (Å²) in [5.41, 5.74) is 3.26. The van der Waals surface area contributed by atoms with Crippen LogP contribution in [0.15, 0.2) is 79.0 Å². The number of anilines is 1. The van der Waals surface area contributed by atoms with E-state index in [1.165, 1.54) is 0 Å². The van der Waals surface area contributed by atoms with E-state index in [0.717, 1.165) is 5.52 Å². The third-order valence-electron chi connectivity index (χ3n) is 4.75. The van der Waals surface area contributed by atoms with Crippen molar-refractivity contribution in [2.75, 3.05) is 12.4 Å².